The average Bonchev–Trinajstić information content (AvgIpc) is 2.68. The predicted octanol–water partition coefficient (Wildman–Crippen LogP) is 2.03. The first kappa shape index (κ1) is 11.6. The van der Waals surface area contributed by atoms with Crippen molar-refractivity contribution in [1.82, 2.24) is 15.3 Å². The van der Waals surface area contributed by atoms with E-state index in [1.807, 2.05) is 18.0 Å². The summed E-state index contributed by atoms with van der Waals surface area (Å²) in [5.41, 5.74) is 1.15. The maximum atomic E-state index is 3.98. The second-order valence-electron chi connectivity index (χ2n) is 3.34. The number of thioether (sulfide) groups is 1. The fraction of sp³-hybridized carbons (Fsp3) is 0.700. The van der Waals surface area contributed by atoms with Gasteiger partial charge in [-0.15, -0.1) is 0 Å². The molecule has 0 bridgehead atoms. The van der Waals surface area contributed by atoms with E-state index in [-0.39, 0.29) is 0 Å². The van der Waals surface area contributed by atoms with Crippen molar-refractivity contribution in [1.29, 1.82) is 0 Å². The minimum atomic E-state index is 0.581. The maximum absolute atomic E-state index is 3.98. The first-order valence-electron chi connectivity index (χ1n) is 5.11. The fourth-order valence-electron chi connectivity index (χ4n) is 1.17. The molecule has 1 rings (SSSR count). The fourth-order valence-corrected chi connectivity index (χ4v) is 1.98. The van der Waals surface area contributed by atoms with Crippen molar-refractivity contribution in [2.24, 2.45) is 0 Å². The highest BCUT2D eigenvalue weighted by Crippen LogP contribution is 2.04. The summed E-state index contributed by atoms with van der Waals surface area (Å²) < 4.78 is 0. The molecule has 4 heteroatoms. The normalized spacial score (nSPS) is 13.0. The van der Waals surface area contributed by atoms with Gasteiger partial charge in [-0.25, -0.2) is 4.98 Å². The van der Waals surface area contributed by atoms with Crippen molar-refractivity contribution in [3.05, 3.63) is 18.2 Å². The Morgan fingerprint density at radius 3 is 3.14 bits per heavy atom. The molecule has 0 fully saturated rings. The van der Waals surface area contributed by atoms with E-state index in [0.717, 1.165) is 12.2 Å². The molecule has 0 spiro atoms. The van der Waals surface area contributed by atoms with Crippen molar-refractivity contribution in [2.75, 3.05) is 11.5 Å². The molecule has 0 amide bonds. The zero-order valence-corrected chi connectivity index (χ0v) is 9.73. The maximum Gasteiger partial charge on any atom is 0.0922 e. The van der Waals surface area contributed by atoms with Crippen molar-refractivity contribution < 1.29 is 0 Å². The van der Waals surface area contributed by atoms with Gasteiger partial charge in [-0.2, -0.15) is 11.8 Å². The van der Waals surface area contributed by atoms with Crippen LogP contribution in [0.4, 0.5) is 0 Å². The van der Waals surface area contributed by atoms with Gasteiger partial charge < -0.3 is 10.3 Å². The largest absolute Gasteiger partial charge is 0.347 e. The van der Waals surface area contributed by atoms with E-state index in [9.17, 15) is 0 Å². The van der Waals surface area contributed by atoms with Gasteiger partial charge in [0.05, 0.1) is 6.33 Å². The molecule has 1 aromatic heterocycles. The number of aromatic amines is 1. The van der Waals surface area contributed by atoms with Gasteiger partial charge in [0, 0.05) is 24.5 Å². The minimum Gasteiger partial charge on any atom is -0.347 e. The summed E-state index contributed by atoms with van der Waals surface area (Å²) in [6, 6.07) is 0.581. The van der Waals surface area contributed by atoms with E-state index in [0.29, 0.717) is 6.04 Å². The molecule has 0 aromatic carbocycles. The van der Waals surface area contributed by atoms with E-state index in [2.05, 4.69) is 29.1 Å². The van der Waals surface area contributed by atoms with Crippen LogP contribution < -0.4 is 5.32 Å². The van der Waals surface area contributed by atoms with Gasteiger partial charge in [-0.05, 0) is 24.9 Å². The molecule has 0 radical (unpaired) electrons. The van der Waals surface area contributed by atoms with Crippen molar-refractivity contribution in [2.45, 2.75) is 32.9 Å². The summed E-state index contributed by atoms with van der Waals surface area (Å²) >= 11 is 2.00. The number of aromatic nitrogens is 2. The number of hydrogen-bond acceptors (Lipinski definition) is 3. The molecule has 14 heavy (non-hydrogen) atoms. The Labute approximate surface area is 90.1 Å². The molecule has 1 unspecified atom stereocenters. The zero-order chi connectivity index (χ0) is 10.2. The number of nitrogens with one attached hydrogen (secondary N) is 2. The molecular weight excluding hydrogens is 194 g/mol. The van der Waals surface area contributed by atoms with Crippen LogP contribution in [0.3, 0.4) is 0 Å². The van der Waals surface area contributed by atoms with E-state index in [1.54, 1.807) is 6.33 Å². The summed E-state index contributed by atoms with van der Waals surface area (Å²) in [6.45, 7) is 5.32. The Balaban J connectivity index is 2.06. The number of rotatable bonds is 7. The van der Waals surface area contributed by atoms with E-state index in [1.165, 1.54) is 17.9 Å². The van der Waals surface area contributed by atoms with Crippen LogP contribution in [0.5, 0.6) is 0 Å². The molecule has 80 valence electrons. The second kappa shape index (κ2) is 6.90. The van der Waals surface area contributed by atoms with Gasteiger partial charge in [-0.3, -0.25) is 0 Å². The molecule has 0 saturated heterocycles. The van der Waals surface area contributed by atoms with Crippen LogP contribution in [-0.2, 0) is 6.54 Å². The number of imidazole rings is 1. The van der Waals surface area contributed by atoms with Crippen LogP contribution in [0.1, 0.15) is 26.0 Å². The first-order valence-corrected chi connectivity index (χ1v) is 6.26. The van der Waals surface area contributed by atoms with Gasteiger partial charge in [0.15, 0.2) is 0 Å². The quantitative estimate of drug-likeness (QED) is 0.681. The monoisotopic (exact) mass is 213 g/mol. The minimum absolute atomic E-state index is 0.581. The summed E-state index contributed by atoms with van der Waals surface area (Å²) in [5.74, 6) is 2.46. The van der Waals surface area contributed by atoms with Crippen LogP contribution in [0.15, 0.2) is 12.5 Å². The number of nitrogens with zero attached hydrogens (tertiary/aromatic N) is 1. The van der Waals surface area contributed by atoms with Crippen molar-refractivity contribution in [3.8, 4) is 0 Å². The average molecular weight is 213 g/mol. The number of hydrogen-bond donors (Lipinski definition) is 2. The first-order chi connectivity index (χ1) is 6.83. The lowest BCUT2D eigenvalue weighted by molar-refractivity contribution is 0.533. The Morgan fingerprint density at radius 1 is 1.64 bits per heavy atom. The smallest absolute Gasteiger partial charge is 0.0922 e. The van der Waals surface area contributed by atoms with Gasteiger partial charge in [-0.1, -0.05) is 6.92 Å². The van der Waals surface area contributed by atoms with E-state index in [4.69, 9.17) is 0 Å². The zero-order valence-electron chi connectivity index (χ0n) is 8.92. The lowest BCUT2D eigenvalue weighted by Crippen LogP contribution is -2.26. The highest BCUT2D eigenvalue weighted by atomic mass is 32.2. The molecule has 0 aliphatic heterocycles. The third-order valence-corrected chi connectivity index (χ3v) is 3.03. The predicted molar refractivity (Wildman–Crippen MR) is 62.5 cm³/mol. The standard InChI is InChI=1S/C10H19N3S/c1-3-14-5-4-9(2)12-7-10-6-11-8-13-10/h6,8-9,12H,3-5,7H2,1-2H3,(H,11,13). The highest BCUT2D eigenvalue weighted by Gasteiger charge is 2.01. The number of H-pyrrole nitrogens is 1. The van der Waals surface area contributed by atoms with Crippen molar-refractivity contribution in [3.63, 3.8) is 0 Å². The summed E-state index contributed by atoms with van der Waals surface area (Å²) in [6.07, 6.45) is 4.81. The molecular formula is C10H19N3S. The topological polar surface area (TPSA) is 40.7 Å². The third-order valence-electron chi connectivity index (χ3n) is 2.10. The summed E-state index contributed by atoms with van der Waals surface area (Å²) in [4.78, 5) is 7.06. The molecule has 1 heterocycles. The second-order valence-corrected chi connectivity index (χ2v) is 4.74. The molecule has 2 N–H and O–H groups in total. The van der Waals surface area contributed by atoms with Crippen LogP contribution in [0, 0.1) is 0 Å². The summed E-state index contributed by atoms with van der Waals surface area (Å²) in [7, 11) is 0. The van der Waals surface area contributed by atoms with Gasteiger partial charge in [0.2, 0.25) is 0 Å². The summed E-state index contributed by atoms with van der Waals surface area (Å²) in [5, 5.41) is 3.46. The van der Waals surface area contributed by atoms with Gasteiger partial charge in [0.1, 0.15) is 0 Å². The lowest BCUT2D eigenvalue weighted by Gasteiger charge is -2.12. The molecule has 0 aliphatic rings. The Hall–Kier alpha value is -0.480. The van der Waals surface area contributed by atoms with Crippen LogP contribution in [-0.4, -0.2) is 27.5 Å². The highest BCUT2D eigenvalue weighted by molar-refractivity contribution is 7.99. The Morgan fingerprint density at radius 2 is 2.50 bits per heavy atom. The third kappa shape index (κ3) is 4.67. The van der Waals surface area contributed by atoms with Gasteiger partial charge in [0.25, 0.3) is 0 Å². The molecule has 0 saturated carbocycles. The van der Waals surface area contributed by atoms with Gasteiger partial charge >= 0.3 is 0 Å². The molecule has 3 nitrogen and oxygen atoms in total. The molecule has 0 aliphatic carbocycles. The van der Waals surface area contributed by atoms with Crippen LogP contribution in [0.25, 0.3) is 0 Å². The SMILES string of the molecule is CCSCCC(C)NCc1cnc[nH]1. The van der Waals surface area contributed by atoms with E-state index < -0.39 is 0 Å². The van der Waals surface area contributed by atoms with Crippen LogP contribution >= 0.6 is 11.8 Å². The molecule has 1 atom stereocenters. The molecule has 1 aromatic rings. The Bertz CT molecular complexity index is 223. The lowest BCUT2D eigenvalue weighted by atomic mass is 10.2. The Kier molecular flexibility index (Phi) is 5.71. The van der Waals surface area contributed by atoms with E-state index >= 15 is 0 Å². The van der Waals surface area contributed by atoms with Crippen molar-refractivity contribution >= 4 is 11.8 Å². The van der Waals surface area contributed by atoms with Crippen LogP contribution in [0.2, 0.25) is 0 Å².